The van der Waals surface area contributed by atoms with Crippen LogP contribution in [-0.4, -0.2) is 31.7 Å². The number of sulfonamides is 1. The van der Waals surface area contributed by atoms with Gasteiger partial charge in [-0.1, -0.05) is 0 Å². The fourth-order valence-electron chi connectivity index (χ4n) is 1.59. The maximum absolute atomic E-state index is 11.7. The summed E-state index contributed by atoms with van der Waals surface area (Å²) in [5.41, 5.74) is 2.48. The molecule has 0 radical (unpaired) electrons. The Kier molecular flexibility index (Phi) is 5.11. The standard InChI is InChI=1S/C11H19N3O2S2/c15-18(16,14-7-11-8-17-9-13-11)6-2-1-5-12-10-3-4-10/h8-10,12,14H,1-7H2. The maximum Gasteiger partial charge on any atom is 0.211 e. The number of nitrogens with zero attached hydrogens (tertiary/aromatic N) is 1. The van der Waals surface area contributed by atoms with Crippen molar-refractivity contribution in [2.24, 2.45) is 0 Å². The van der Waals surface area contributed by atoms with E-state index in [1.165, 1.54) is 24.2 Å². The van der Waals surface area contributed by atoms with Crippen LogP contribution in [0, 0.1) is 0 Å². The molecule has 7 heteroatoms. The molecular formula is C11H19N3O2S2. The van der Waals surface area contributed by atoms with Gasteiger partial charge < -0.3 is 5.32 Å². The van der Waals surface area contributed by atoms with E-state index in [0.29, 0.717) is 19.0 Å². The summed E-state index contributed by atoms with van der Waals surface area (Å²) in [6.07, 6.45) is 4.15. The van der Waals surface area contributed by atoms with Crippen molar-refractivity contribution in [3.05, 3.63) is 16.6 Å². The Bertz CT molecular complexity index is 441. The van der Waals surface area contributed by atoms with Gasteiger partial charge in [-0.15, -0.1) is 11.3 Å². The molecule has 1 aromatic heterocycles. The largest absolute Gasteiger partial charge is 0.314 e. The molecule has 1 aliphatic carbocycles. The van der Waals surface area contributed by atoms with Gasteiger partial charge in [-0.05, 0) is 32.2 Å². The third-order valence-electron chi connectivity index (χ3n) is 2.81. The van der Waals surface area contributed by atoms with Gasteiger partial charge in [0, 0.05) is 11.4 Å². The highest BCUT2D eigenvalue weighted by molar-refractivity contribution is 7.89. The zero-order valence-corrected chi connectivity index (χ0v) is 11.9. The predicted octanol–water partition coefficient (Wildman–Crippen LogP) is 1.09. The molecule has 1 aliphatic rings. The van der Waals surface area contributed by atoms with Crippen LogP contribution in [0.5, 0.6) is 0 Å². The summed E-state index contributed by atoms with van der Waals surface area (Å²) in [6.45, 7) is 1.22. The molecule has 0 bridgehead atoms. The molecule has 0 spiro atoms. The highest BCUT2D eigenvalue weighted by Gasteiger charge is 2.19. The van der Waals surface area contributed by atoms with Gasteiger partial charge in [0.05, 0.1) is 23.5 Å². The lowest BCUT2D eigenvalue weighted by atomic mass is 10.3. The average Bonchev–Trinajstić information content (AvgIpc) is 3.00. The van der Waals surface area contributed by atoms with Gasteiger partial charge in [0.15, 0.2) is 0 Å². The Labute approximate surface area is 112 Å². The first kappa shape index (κ1) is 13.9. The lowest BCUT2D eigenvalue weighted by Crippen LogP contribution is -2.26. The number of rotatable bonds is 9. The predicted molar refractivity (Wildman–Crippen MR) is 73.0 cm³/mol. The molecule has 0 amide bonds. The van der Waals surface area contributed by atoms with Crippen molar-refractivity contribution in [3.8, 4) is 0 Å². The quantitative estimate of drug-likeness (QED) is 0.668. The number of thiazole rings is 1. The highest BCUT2D eigenvalue weighted by Crippen LogP contribution is 2.18. The molecule has 0 unspecified atom stereocenters. The Balaban J connectivity index is 1.57. The molecule has 2 rings (SSSR count). The minimum atomic E-state index is -3.16. The number of nitrogens with one attached hydrogen (secondary N) is 2. The van der Waals surface area contributed by atoms with E-state index in [-0.39, 0.29) is 5.75 Å². The van der Waals surface area contributed by atoms with Crippen LogP contribution in [0.15, 0.2) is 10.9 Å². The van der Waals surface area contributed by atoms with Crippen LogP contribution in [0.2, 0.25) is 0 Å². The number of unbranched alkanes of at least 4 members (excludes halogenated alkanes) is 1. The summed E-state index contributed by atoms with van der Waals surface area (Å²) in [5.74, 6) is 0.198. The van der Waals surface area contributed by atoms with Gasteiger partial charge in [0.1, 0.15) is 0 Å². The van der Waals surface area contributed by atoms with Crippen LogP contribution in [0.1, 0.15) is 31.4 Å². The van der Waals surface area contributed by atoms with E-state index in [1.807, 2.05) is 5.38 Å². The second kappa shape index (κ2) is 6.60. The third-order valence-corrected chi connectivity index (χ3v) is 4.85. The Hall–Kier alpha value is -0.500. The van der Waals surface area contributed by atoms with Gasteiger partial charge in [0.25, 0.3) is 0 Å². The van der Waals surface area contributed by atoms with Crippen LogP contribution >= 0.6 is 11.3 Å². The lowest BCUT2D eigenvalue weighted by Gasteiger charge is -2.05. The van der Waals surface area contributed by atoms with Gasteiger partial charge in [-0.25, -0.2) is 18.1 Å². The normalized spacial score (nSPS) is 16.0. The summed E-state index contributed by atoms with van der Waals surface area (Å²) in [4.78, 5) is 4.04. The van der Waals surface area contributed by atoms with Crippen LogP contribution in [0.25, 0.3) is 0 Å². The van der Waals surface area contributed by atoms with E-state index in [1.54, 1.807) is 5.51 Å². The van der Waals surface area contributed by atoms with E-state index in [4.69, 9.17) is 0 Å². The molecule has 102 valence electrons. The van der Waals surface area contributed by atoms with E-state index in [0.717, 1.165) is 18.7 Å². The van der Waals surface area contributed by atoms with E-state index in [9.17, 15) is 8.42 Å². The first-order chi connectivity index (χ1) is 8.66. The highest BCUT2D eigenvalue weighted by atomic mass is 32.2. The van der Waals surface area contributed by atoms with Crippen LogP contribution < -0.4 is 10.0 Å². The monoisotopic (exact) mass is 289 g/mol. The van der Waals surface area contributed by atoms with Gasteiger partial charge in [-0.3, -0.25) is 0 Å². The fraction of sp³-hybridized carbons (Fsp3) is 0.727. The molecule has 0 aliphatic heterocycles. The fourth-order valence-corrected chi connectivity index (χ4v) is 3.25. The number of hydrogen-bond acceptors (Lipinski definition) is 5. The number of hydrogen-bond donors (Lipinski definition) is 2. The SMILES string of the molecule is O=S(=O)(CCCCNC1CC1)NCc1cscn1. The molecule has 0 aromatic carbocycles. The molecule has 5 nitrogen and oxygen atoms in total. The minimum Gasteiger partial charge on any atom is -0.314 e. The van der Waals surface area contributed by atoms with Crippen LogP contribution in [-0.2, 0) is 16.6 Å². The Morgan fingerprint density at radius 1 is 1.39 bits per heavy atom. The summed E-state index contributed by atoms with van der Waals surface area (Å²) in [6, 6.07) is 0.699. The van der Waals surface area contributed by atoms with E-state index in [2.05, 4.69) is 15.0 Å². The molecule has 2 N–H and O–H groups in total. The van der Waals surface area contributed by atoms with Crippen molar-refractivity contribution in [2.75, 3.05) is 12.3 Å². The molecule has 1 heterocycles. The Morgan fingerprint density at radius 3 is 2.89 bits per heavy atom. The zero-order chi connectivity index (χ0) is 12.8. The summed E-state index contributed by atoms with van der Waals surface area (Å²) in [7, 11) is -3.16. The van der Waals surface area contributed by atoms with Crippen molar-refractivity contribution in [1.29, 1.82) is 0 Å². The number of aromatic nitrogens is 1. The molecular weight excluding hydrogens is 270 g/mol. The second-order valence-electron chi connectivity index (χ2n) is 4.56. The summed E-state index contributed by atoms with van der Waals surface area (Å²) < 4.78 is 25.9. The molecule has 1 saturated carbocycles. The zero-order valence-electron chi connectivity index (χ0n) is 10.3. The first-order valence-electron chi connectivity index (χ1n) is 6.23. The third kappa shape index (κ3) is 5.43. The topological polar surface area (TPSA) is 71.1 Å². The molecule has 18 heavy (non-hydrogen) atoms. The van der Waals surface area contributed by atoms with Gasteiger partial charge in [0.2, 0.25) is 10.0 Å². The molecule has 0 atom stereocenters. The Morgan fingerprint density at radius 2 is 2.22 bits per heavy atom. The lowest BCUT2D eigenvalue weighted by molar-refractivity contribution is 0.572. The second-order valence-corrected chi connectivity index (χ2v) is 7.20. The van der Waals surface area contributed by atoms with Crippen LogP contribution in [0.4, 0.5) is 0 Å². The van der Waals surface area contributed by atoms with Crippen molar-refractivity contribution >= 4 is 21.4 Å². The first-order valence-corrected chi connectivity index (χ1v) is 8.83. The average molecular weight is 289 g/mol. The maximum atomic E-state index is 11.7. The molecule has 1 fully saturated rings. The van der Waals surface area contributed by atoms with Crippen molar-refractivity contribution < 1.29 is 8.42 Å². The van der Waals surface area contributed by atoms with Crippen molar-refractivity contribution in [2.45, 2.75) is 38.3 Å². The van der Waals surface area contributed by atoms with Crippen LogP contribution in [0.3, 0.4) is 0 Å². The van der Waals surface area contributed by atoms with Crippen molar-refractivity contribution in [1.82, 2.24) is 15.0 Å². The summed E-state index contributed by atoms with van der Waals surface area (Å²) >= 11 is 1.47. The smallest absolute Gasteiger partial charge is 0.211 e. The summed E-state index contributed by atoms with van der Waals surface area (Å²) in [5, 5.41) is 5.22. The molecule has 1 aromatic rings. The van der Waals surface area contributed by atoms with Crippen molar-refractivity contribution in [3.63, 3.8) is 0 Å². The minimum absolute atomic E-state index is 0.198. The van der Waals surface area contributed by atoms with E-state index < -0.39 is 10.0 Å². The molecule has 0 saturated heterocycles. The van der Waals surface area contributed by atoms with Gasteiger partial charge in [-0.2, -0.15) is 0 Å². The van der Waals surface area contributed by atoms with Gasteiger partial charge >= 0.3 is 0 Å². The van der Waals surface area contributed by atoms with E-state index >= 15 is 0 Å².